The van der Waals surface area contributed by atoms with Crippen molar-refractivity contribution in [1.29, 1.82) is 0 Å². The van der Waals surface area contributed by atoms with E-state index in [1.54, 1.807) is 0 Å². The summed E-state index contributed by atoms with van der Waals surface area (Å²) in [6, 6.07) is 8.84. The minimum Gasteiger partial charge on any atom is -0.492 e. The SMILES string of the molecule is C[C@H](N)c1ccccc1OCCN(C)C1CC1. The van der Waals surface area contributed by atoms with E-state index in [0.717, 1.165) is 30.5 Å². The number of hydrogen-bond acceptors (Lipinski definition) is 3. The molecule has 94 valence electrons. The van der Waals surface area contributed by atoms with Gasteiger partial charge in [-0.25, -0.2) is 0 Å². The smallest absolute Gasteiger partial charge is 0.124 e. The second-order valence-electron chi connectivity index (χ2n) is 4.89. The van der Waals surface area contributed by atoms with Gasteiger partial charge in [0.2, 0.25) is 0 Å². The lowest BCUT2D eigenvalue weighted by Crippen LogP contribution is -2.26. The zero-order valence-electron chi connectivity index (χ0n) is 10.7. The van der Waals surface area contributed by atoms with Gasteiger partial charge in [0.25, 0.3) is 0 Å². The van der Waals surface area contributed by atoms with Gasteiger partial charge >= 0.3 is 0 Å². The van der Waals surface area contributed by atoms with Crippen LogP contribution in [0.5, 0.6) is 5.75 Å². The first kappa shape index (κ1) is 12.4. The Morgan fingerprint density at radius 3 is 2.76 bits per heavy atom. The van der Waals surface area contributed by atoms with E-state index < -0.39 is 0 Å². The van der Waals surface area contributed by atoms with Crippen molar-refractivity contribution >= 4 is 0 Å². The van der Waals surface area contributed by atoms with Crippen LogP contribution in [0.2, 0.25) is 0 Å². The van der Waals surface area contributed by atoms with Gasteiger partial charge in [0.05, 0.1) is 0 Å². The van der Waals surface area contributed by atoms with Crippen molar-refractivity contribution in [2.45, 2.75) is 31.8 Å². The molecule has 1 aliphatic rings. The summed E-state index contributed by atoms with van der Waals surface area (Å²) in [6.07, 6.45) is 2.68. The van der Waals surface area contributed by atoms with Crippen LogP contribution in [-0.2, 0) is 0 Å². The van der Waals surface area contributed by atoms with Crippen LogP contribution >= 0.6 is 0 Å². The molecule has 0 aromatic heterocycles. The molecule has 0 radical (unpaired) electrons. The van der Waals surface area contributed by atoms with Crippen LogP contribution in [0.15, 0.2) is 24.3 Å². The van der Waals surface area contributed by atoms with Gasteiger partial charge in [-0.1, -0.05) is 18.2 Å². The van der Waals surface area contributed by atoms with E-state index in [9.17, 15) is 0 Å². The number of hydrogen-bond donors (Lipinski definition) is 1. The van der Waals surface area contributed by atoms with Gasteiger partial charge in [-0.2, -0.15) is 0 Å². The highest BCUT2D eigenvalue weighted by Gasteiger charge is 2.25. The van der Waals surface area contributed by atoms with Crippen molar-refractivity contribution in [2.24, 2.45) is 5.73 Å². The molecule has 0 heterocycles. The van der Waals surface area contributed by atoms with Crippen LogP contribution in [0.3, 0.4) is 0 Å². The van der Waals surface area contributed by atoms with Crippen molar-refractivity contribution in [3.8, 4) is 5.75 Å². The summed E-state index contributed by atoms with van der Waals surface area (Å²) in [7, 11) is 2.17. The first-order valence-corrected chi connectivity index (χ1v) is 6.36. The predicted octanol–water partition coefficient (Wildman–Crippen LogP) is 2.18. The van der Waals surface area contributed by atoms with Gasteiger partial charge in [-0.15, -0.1) is 0 Å². The van der Waals surface area contributed by atoms with Crippen LogP contribution in [0.1, 0.15) is 31.4 Å². The van der Waals surface area contributed by atoms with E-state index >= 15 is 0 Å². The van der Waals surface area contributed by atoms with Crippen LogP contribution in [0.25, 0.3) is 0 Å². The molecule has 2 N–H and O–H groups in total. The Bertz CT molecular complexity index is 361. The maximum atomic E-state index is 5.91. The molecule has 1 fully saturated rings. The third-order valence-corrected chi connectivity index (χ3v) is 3.28. The lowest BCUT2D eigenvalue weighted by molar-refractivity contribution is 0.230. The third kappa shape index (κ3) is 3.45. The second kappa shape index (κ2) is 5.52. The van der Waals surface area contributed by atoms with Gasteiger partial charge in [0, 0.05) is 24.2 Å². The van der Waals surface area contributed by atoms with Gasteiger partial charge in [0.1, 0.15) is 12.4 Å². The maximum Gasteiger partial charge on any atom is 0.124 e. The molecule has 0 aliphatic heterocycles. The molecule has 1 atom stereocenters. The average molecular weight is 234 g/mol. The summed E-state index contributed by atoms with van der Waals surface area (Å²) in [4.78, 5) is 2.37. The van der Waals surface area contributed by atoms with Gasteiger partial charge in [-0.05, 0) is 32.9 Å². The Hall–Kier alpha value is -1.06. The molecule has 1 aliphatic carbocycles. The molecule has 1 saturated carbocycles. The van der Waals surface area contributed by atoms with Crippen molar-refractivity contribution in [3.63, 3.8) is 0 Å². The zero-order valence-corrected chi connectivity index (χ0v) is 10.7. The van der Waals surface area contributed by atoms with E-state index in [2.05, 4.69) is 11.9 Å². The Morgan fingerprint density at radius 2 is 2.12 bits per heavy atom. The minimum atomic E-state index is 0.0207. The summed E-state index contributed by atoms with van der Waals surface area (Å²) in [5.41, 5.74) is 7.00. The summed E-state index contributed by atoms with van der Waals surface area (Å²) in [6.45, 7) is 3.70. The lowest BCUT2D eigenvalue weighted by Gasteiger charge is -2.18. The monoisotopic (exact) mass is 234 g/mol. The summed E-state index contributed by atoms with van der Waals surface area (Å²) >= 11 is 0. The highest BCUT2D eigenvalue weighted by atomic mass is 16.5. The number of para-hydroxylation sites is 1. The molecule has 1 aromatic rings. The fourth-order valence-corrected chi connectivity index (χ4v) is 1.99. The Morgan fingerprint density at radius 1 is 1.41 bits per heavy atom. The standard InChI is InChI=1S/C14H22N2O/c1-11(15)13-5-3-4-6-14(13)17-10-9-16(2)12-7-8-12/h3-6,11-12H,7-10,15H2,1-2H3/t11-/m0/s1. The molecule has 0 bridgehead atoms. The summed E-state index contributed by atoms with van der Waals surface area (Å²) in [5.74, 6) is 0.923. The lowest BCUT2D eigenvalue weighted by atomic mass is 10.1. The highest BCUT2D eigenvalue weighted by molar-refractivity contribution is 5.35. The van der Waals surface area contributed by atoms with Crippen molar-refractivity contribution in [2.75, 3.05) is 20.2 Å². The molecule has 0 spiro atoms. The Kier molecular flexibility index (Phi) is 4.02. The van der Waals surface area contributed by atoms with E-state index in [0.29, 0.717) is 0 Å². The number of likely N-dealkylation sites (N-methyl/N-ethyl adjacent to an activating group) is 1. The Balaban J connectivity index is 1.85. The molecule has 17 heavy (non-hydrogen) atoms. The minimum absolute atomic E-state index is 0.0207. The number of rotatable bonds is 6. The first-order valence-electron chi connectivity index (χ1n) is 6.36. The van der Waals surface area contributed by atoms with E-state index in [-0.39, 0.29) is 6.04 Å². The zero-order chi connectivity index (χ0) is 12.3. The van der Waals surface area contributed by atoms with E-state index in [1.165, 1.54) is 12.8 Å². The topological polar surface area (TPSA) is 38.5 Å². The van der Waals surface area contributed by atoms with Gasteiger partial charge < -0.3 is 15.4 Å². The van der Waals surface area contributed by atoms with Crippen LogP contribution in [0, 0.1) is 0 Å². The summed E-state index contributed by atoms with van der Waals surface area (Å²) in [5, 5.41) is 0. The van der Waals surface area contributed by atoms with E-state index in [4.69, 9.17) is 10.5 Å². The highest BCUT2D eigenvalue weighted by Crippen LogP contribution is 2.26. The molecule has 3 nitrogen and oxygen atoms in total. The van der Waals surface area contributed by atoms with Gasteiger partial charge in [-0.3, -0.25) is 0 Å². The fourth-order valence-electron chi connectivity index (χ4n) is 1.99. The molecular formula is C14H22N2O. The fraction of sp³-hybridized carbons (Fsp3) is 0.571. The maximum absolute atomic E-state index is 5.91. The molecule has 0 unspecified atom stereocenters. The van der Waals surface area contributed by atoms with Crippen molar-refractivity contribution in [1.82, 2.24) is 4.90 Å². The van der Waals surface area contributed by atoms with Crippen molar-refractivity contribution < 1.29 is 4.74 Å². The molecule has 0 amide bonds. The van der Waals surface area contributed by atoms with E-state index in [1.807, 2.05) is 31.2 Å². The predicted molar refractivity (Wildman–Crippen MR) is 70.2 cm³/mol. The molecule has 2 rings (SSSR count). The number of benzene rings is 1. The second-order valence-corrected chi connectivity index (χ2v) is 4.89. The summed E-state index contributed by atoms with van der Waals surface area (Å²) < 4.78 is 5.83. The van der Waals surface area contributed by atoms with Crippen molar-refractivity contribution in [3.05, 3.63) is 29.8 Å². The van der Waals surface area contributed by atoms with Gasteiger partial charge in [0.15, 0.2) is 0 Å². The largest absolute Gasteiger partial charge is 0.492 e. The van der Waals surface area contributed by atoms with Crippen LogP contribution in [-0.4, -0.2) is 31.1 Å². The van der Waals surface area contributed by atoms with Crippen LogP contribution < -0.4 is 10.5 Å². The Labute approximate surface area is 104 Å². The molecule has 3 heteroatoms. The van der Waals surface area contributed by atoms with Crippen LogP contribution in [0.4, 0.5) is 0 Å². The molecule has 1 aromatic carbocycles. The third-order valence-electron chi connectivity index (χ3n) is 3.28. The molecule has 0 saturated heterocycles. The number of nitrogens with two attached hydrogens (primary N) is 1. The average Bonchev–Trinajstić information content (AvgIpc) is 3.13. The quantitative estimate of drug-likeness (QED) is 0.820. The normalized spacial score (nSPS) is 17.2. The number of ether oxygens (including phenoxy) is 1. The first-order chi connectivity index (χ1) is 8.18. The number of nitrogens with zero attached hydrogens (tertiary/aromatic N) is 1. The molecular weight excluding hydrogens is 212 g/mol.